The summed E-state index contributed by atoms with van der Waals surface area (Å²) in [5.74, 6) is 1.42. The van der Waals surface area contributed by atoms with Gasteiger partial charge in [0.1, 0.15) is 5.78 Å². The monoisotopic (exact) mass is 456 g/mol. The summed E-state index contributed by atoms with van der Waals surface area (Å²) in [6.07, 6.45) is 9.17. The lowest BCUT2D eigenvalue weighted by Crippen LogP contribution is -2.55. The number of aliphatic hydroxyl groups excluding tert-OH is 1. The van der Waals surface area contributed by atoms with Gasteiger partial charge in [0.15, 0.2) is 0 Å². The van der Waals surface area contributed by atoms with E-state index in [0.717, 1.165) is 38.5 Å². The van der Waals surface area contributed by atoms with E-state index in [4.69, 9.17) is 0 Å². The molecule has 0 radical (unpaired) electrons. The Morgan fingerprint density at radius 2 is 1.76 bits per heavy atom. The van der Waals surface area contributed by atoms with Crippen LogP contribution >= 0.6 is 0 Å². The van der Waals surface area contributed by atoms with Crippen molar-refractivity contribution in [1.82, 2.24) is 0 Å². The molecule has 0 spiro atoms. The van der Waals surface area contributed by atoms with E-state index in [9.17, 15) is 15.0 Å². The SMILES string of the molecule is CC(C)=CCCC(C)C1CCC2(C)C3=C(CC2C1(C)O)C1(C)CCC(=O)C(C)(C)C1CC3O. The number of carbonyl (C=O) groups excluding carboxylic acids is 1. The van der Waals surface area contributed by atoms with Crippen LogP contribution in [0.3, 0.4) is 0 Å². The summed E-state index contributed by atoms with van der Waals surface area (Å²) in [4.78, 5) is 12.8. The maximum Gasteiger partial charge on any atom is 0.138 e. The molecular weight excluding hydrogens is 408 g/mol. The molecule has 0 amide bonds. The molecule has 8 unspecified atom stereocenters. The number of allylic oxidation sites excluding steroid dienone is 3. The van der Waals surface area contributed by atoms with Gasteiger partial charge in [0.25, 0.3) is 0 Å². The second kappa shape index (κ2) is 8.05. The van der Waals surface area contributed by atoms with Crippen molar-refractivity contribution in [2.75, 3.05) is 0 Å². The number of hydrogen-bond acceptors (Lipinski definition) is 3. The van der Waals surface area contributed by atoms with Crippen LogP contribution in [0.2, 0.25) is 0 Å². The summed E-state index contributed by atoms with van der Waals surface area (Å²) in [6.45, 7) is 17.6. The maximum atomic E-state index is 12.8. The minimum absolute atomic E-state index is 0.0486. The molecule has 0 bridgehead atoms. The van der Waals surface area contributed by atoms with Crippen LogP contribution < -0.4 is 0 Å². The molecule has 4 aliphatic rings. The van der Waals surface area contributed by atoms with Crippen molar-refractivity contribution in [2.24, 2.45) is 39.9 Å². The Morgan fingerprint density at radius 1 is 1.09 bits per heavy atom. The lowest BCUT2D eigenvalue weighted by Gasteiger charge is -2.56. The minimum Gasteiger partial charge on any atom is -0.390 e. The number of ketones is 1. The summed E-state index contributed by atoms with van der Waals surface area (Å²) in [5, 5.41) is 23.6. The number of Topliss-reactive ketones (excluding diaryl/α,β-unsaturated/α-hetero) is 1. The Morgan fingerprint density at radius 3 is 2.39 bits per heavy atom. The highest BCUT2D eigenvalue weighted by Crippen LogP contribution is 2.70. The molecule has 0 aliphatic heterocycles. The van der Waals surface area contributed by atoms with Gasteiger partial charge in [0.2, 0.25) is 0 Å². The zero-order valence-electron chi connectivity index (χ0n) is 22.4. The molecule has 0 saturated heterocycles. The third-order valence-corrected chi connectivity index (χ3v) is 11.1. The highest BCUT2D eigenvalue weighted by atomic mass is 16.3. The molecule has 0 heterocycles. The average Bonchev–Trinajstić information content (AvgIpc) is 3.03. The van der Waals surface area contributed by atoms with Crippen LogP contribution in [0, 0.1) is 39.9 Å². The van der Waals surface area contributed by atoms with Crippen LogP contribution in [0.5, 0.6) is 0 Å². The predicted molar refractivity (Wildman–Crippen MR) is 135 cm³/mol. The largest absolute Gasteiger partial charge is 0.390 e. The second-order valence-corrected chi connectivity index (χ2v) is 13.6. The highest BCUT2D eigenvalue weighted by Gasteiger charge is 2.65. The van der Waals surface area contributed by atoms with Crippen molar-refractivity contribution in [3.05, 3.63) is 22.8 Å². The predicted octanol–water partition coefficient (Wildman–Crippen LogP) is 6.63. The first-order valence-corrected chi connectivity index (χ1v) is 13.5. The van der Waals surface area contributed by atoms with Crippen molar-refractivity contribution < 1.29 is 15.0 Å². The van der Waals surface area contributed by atoms with Gasteiger partial charge in [-0.15, -0.1) is 0 Å². The Bertz CT molecular complexity index is 873. The van der Waals surface area contributed by atoms with Gasteiger partial charge in [0.05, 0.1) is 11.7 Å². The van der Waals surface area contributed by atoms with Crippen LogP contribution in [-0.2, 0) is 4.79 Å². The number of aliphatic hydroxyl groups is 2. The van der Waals surface area contributed by atoms with Crippen LogP contribution in [-0.4, -0.2) is 27.7 Å². The molecule has 186 valence electrons. The molecule has 3 heteroatoms. The summed E-state index contributed by atoms with van der Waals surface area (Å²) in [5.41, 5.74) is 2.67. The molecule has 0 aromatic rings. The van der Waals surface area contributed by atoms with Crippen molar-refractivity contribution >= 4 is 5.78 Å². The summed E-state index contributed by atoms with van der Waals surface area (Å²) in [6, 6.07) is 0. The molecule has 2 N–H and O–H groups in total. The Hall–Kier alpha value is -0.930. The van der Waals surface area contributed by atoms with Gasteiger partial charge >= 0.3 is 0 Å². The molecule has 8 atom stereocenters. The van der Waals surface area contributed by atoms with Crippen molar-refractivity contribution in [2.45, 2.75) is 118 Å². The first-order valence-electron chi connectivity index (χ1n) is 13.5. The van der Waals surface area contributed by atoms with E-state index < -0.39 is 17.1 Å². The maximum absolute atomic E-state index is 12.8. The fourth-order valence-electron chi connectivity index (χ4n) is 9.17. The molecule has 4 rings (SSSR count). The van der Waals surface area contributed by atoms with Gasteiger partial charge in [-0.05, 0) is 99.9 Å². The lowest BCUT2D eigenvalue weighted by molar-refractivity contribution is -0.140. The van der Waals surface area contributed by atoms with Gasteiger partial charge < -0.3 is 10.2 Å². The Kier molecular flexibility index (Phi) is 6.14. The fourth-order valence-corrected chi connectivity index (χ4v) is 9.17. The Balaban J connectivity index is 1.67. The van der Waals surface area contributed by atoms with E-state index in [1.54, 1.807) is 0 Å². The smallest absolute Gasteiger partial charge is 0.138 e. The molecule has 0 aromatic heterocycles. The molecule has 33 heavy (non-hydrogen) atoms. The third-order valence-electron chi connectivity index (χ3n) is 11.1. The van der Waals surface area contributed by atoms with Gasteiger partial charge in [-0.25, -0.2) is 0 Å². The molecule has 0 aromatic carbocycles. The van der Waals surface area contributed by atoms with Gasteiger partial charge in [-0.3, -0.25) is 4.79 Å². The molecule has 3 nitrogen and oxygen atoms in total. The van der Waals surface area contributed by atoms with Crippen LogP contribution in [0.4, 0.5) is 0 Å². The normalized spacial score (nSPS) is 45.2. The Labute approximate surface area is 202 Å². The number of carbonyl (C=O) groups is 1. The quantitative estimate of drug-likeness (QED) is 0.467. The van der Waals surface area contributed by atoms with Crippen molar-refractivity contribution in [3.8, 4) is 0 Å². The first-order chi connectivity index (χ1) is 15.2. The zero-order chi connectivity index (χ0) is 24.6. The lowest BCUT2D eigenvalue weighted by atomic mass is 9.49. The molecular formula is C30H48O3. The van der Waals surface area contributed by atoms with Crippen molar-refractivity contribution in [3.63, 3.8) is 0 Å². The zero-order valence-corrected chi connectivity index (χ0v) is 22.4. The average molecular weight is 457 g/mol. The van der Waals surface area contributed by atoms with E-state index in [2.05, 4.69) is 61.5 Å². The summed E-state index contributed by atoms with van der Waals surface area (Å²) in [7, 11) is 0. The van der Waals surface area contributed by atoms with E-state index in [1.807, 2.05) is 0 Å². The third kappa shape index (κ3) is 3.63. The number of hydrogen-bond donors (Lipinski definition) is 2. The topological polar surface area (TPSA) is 57.5 Å². The van der Waals surface area contributed by atoms with Crippen molar-refractivity contribution in [1.29, 1.82) is 0 Å². The molecule has 2 fully saturated rings. The molecule has 2 saturated carbocycles. The minimum atomic E-state index is -0.750. The van der Waals surface area contributed by atoms with E-state index >= 15 is 0 Å². The van der Waals surface area contributed by atoms with E-state index in [-0.39, 0.29) is 28.6 Å². The fraction of sp³-hybridized carbons (Fsp3) is 0.833. The number of rotatable bonds is 4. The summed E-state index contributed by atoms with van der Waals surface area (Å²) >= 11 is 0. The van der Waals surface area contributed by atoms with Crippen LogP contribution in [0.25, 0.3) is 0 Å². The van der Waals surface area contributed by atoms with Gasteiger partial charge in [-0.1, -0.05) is 51.8 Å². The van der Waals surface area contributed by atoms with Gasteiger partial charge in [-0.2, -0.15) is 0 Å². The number of fused-ring (bicyclic) bond motifs is 4. The van der Waals surface area contributed by atoms with Crippen LogP contribution in [0.1, 0.15) is 107 Å². The molecule has 4 aliphatic carbocycles. The van der Waals surface area contributed by atoms with E-state index in [0.29, 0.717) is 24.5 Å². The summed E-state index contributed by atoms with van der Waals surface area (Å²) < 4.78 is 0. The second-order valence-electron chi connectivity index (χ2n) is 13.6. The first kappa shape index (κ1) is 25.2. The van der Waals surface area contributed by atoms with Gasteiger partial charge in [0, 0.05) is 17.8 Å². The van der Waals surface area contributed by atoms with Crippen LogP contribution in [0.15, 0.2) is 22.8 Å². The highest BCUT2D eigenvalue weighted by molar-refractivity contribution is 5.86. The standard InChI is InChI=1S/C30H48O3/c1-18(2)10-9-11-19(3)20-12-14-29(7)24(30(20,8)33)16-21-26(29)22(31)17-23-27(4,5)25(32)13-15-28(21,23)6/h10,19-20,22-24,31,33H,9,11-17H2,1-8H3. The van der Waals surface area contributed by atoms with E-state index in [1.165, 1.54) is 16.7 Å².